The summed E-state index contributed by atoms with van der Waals surface area (Å²) in [6.07, 6.45) is 1.84. The molecule has 0 amide bonds. The maximum Gasteiger partial charge on any atom is 0.0662 e. The molecule has 0 heterocycles. The van der Waals surface area contributed by atoms with Crippen LogP contribution in [0.1, 0.15) is 40.5 Å². The lowest BCUT2D eigenvalue weighted by Crippen LogP contribution is -2.37. The van der Waals surface area contributed by atoms with Gasteiger partial charge in [0.25, 0.3) is 0 Å². The van der Waals surface area contributed by atoms with Gasteiger partial charge < -0.3 is 10.4 Å². The minimum Gasteiger partial charge on any atom is -0.392 e. The van der Waals surface area contributed by atoms with Gasteiger partial charge in [-0.1, -0.05) is 27.2 Å². The van der Waals surface area contributed by atoms with Gasteiger partial charge in [-0.05, 0) is 19.3 Å². The minimum atomic E-state index is -0.184. The number of aliphatic hydroxyl groups excluding tert-OH is 1. The van der Waals surface area contributed by atoms with Gasteiger partial charge in [0.15, 0.2) is 0 Å². The monoisotopic (exact) mass is 173 g/mol. The van der Waals surface area contributed by atoms with Gasteiger partial charge in [-0.2, -0.15) is 0 Å². The Kier molecular flexibility index (Phi) is 6.39. The topological polar surface area (TPSA) is 32.3 Å². The van der Waals surface area contributed by atoms with E-state index in [1.807, 2.05) is 6.92 Å². The van der Waals surface area contributed by atoms with Crippen LogP contribution in [0.4, 0.5) is 0 Å². The first-order valence-electron chi connectivity index (χ1n) is 5.03. The second-order valence-electron chi connectivity index (χ2n) is 3.64. The number of aliphatic hydroxyl groups is 1. The predicted octanol–water partition coefficient (Wildman–Crippen LogP) is 1.78. The summed E-state index contributed by atoms with van der Waals surface area (Å²) >= 11 is 0. The van der Waals surface area contributed by atoms with Gasteiger partial charge in [0, 0.05) is 12.6 Å². The van der Waals surface area contributed by atoms with E-state index in [2.05, 4.69) is 26.1 Å². The molecule has 0 aliphatic rings. The van der Waals surface area contributed by atoms with Crippen molar-refractivity contribution in [3.05, 3.63) is 0 Å². The van der Waals surface area contributed by atoms with Gasteiger partial charge in [0.2, 0.25) is 0 Å². The number of nitrogens with one attached hydrogen (secondary N) is 1. The zero-order valence-corrected chi connectivity index (χ0v) is 8.80. The molecule has 0 aromatic heterocycles. The average molecular weight is 173 g/mol. The zero-order chi connectivity index (χ0) is 9.56. The second kappa shape index (κ2) is 6.44. The van der Waals surface area contributed by atoms with E-state index in [9.17, 15) is 5.11 Å². The summed E-state index contributed by atoms with van der Waals surface area (Å²) in [5, 5.41) is 12.6. The Labute approximate surface area is 76.4 Å². The molecule has 0 spiro atoms. The van der Waals surface area contributed by atoms with Gasteiger partial charge >= 0.3 is 0 Å². The van der Waals surface area contributed by atoms with Gasteiger partial charge in [-0.3, -0.25) is 0 Å². The molecule has 0 aliphatic heterocycles. The van der Waals surface area contributed by atoms with Gasteiger partial charge in [0.05, 0.1) is 6.10 Å². The SMILES string of the molecule is CCC(O)CNC(C)C(C)CC. The third kappa shape index (κ3) is 4.73. The minimum absolute atomic E-state index is 0.184. The lowest BCUT2D eigenvalue weighted by molar-refractivity contribution is 0.159. The molecule has 0 radical (unpaired) electrons. The molecule has 0 aromatic rings. The summed E-state index contributed by atoms with van der Waals surface area (Å²) in [4.78, 5) is 0. The molecule has 2 N–H and O–H groups in total. The molecule has 0 saturated heterocycles. The Morgan fingerprint density at radius 2 is 1.75 bits per heavy atom. The summed E-state index contributed by atoms with van der Waals surface area (Å²) in [5.74, 6) is 0.689. The number of hydrogen-bond acceptors (Lipinski definition) is 2. The molecule has 0 bridgehead atoms. The van der Waals surface area contributed by atoms with E-state index in [0.29, 0.717) is 12.0 Å². The smallest absolute Gasteiger partial charge is 0.0662 e. The van der Waals surface area contributed by atoms with Crippen LogP contribution >= 0.6 is 0 Å². The van der Waals surface area contributed by atoms with Crippen LogP contribution in [-0.2, 0) is 0 Å². The molecule has 0 saturated carbocycles. The second-order valence-corrected chi connectivity index (χ2v) is 3.64. The molecule has 0 fully saturated rings. The quantitative estimate of drug-likeness (QED) is 0.641. The van der Waals surface area contributed by atoms with E-state index in [-0.39, 0.29) is 6.10 Å². The normalized spacial score (nSPS) is 18.8. The predicted molar refractivity (Wildman–Crippen MR) is 53.2 cm³/mol. The van der Waals surface area contributed by atoms with Crippen LogP contribution < -0.4 is 5.32 Å². The molecule has 0 rings (SSSR count). The van der Waals surface area contributed by atoms with Crippen molar-refractivity contribution in [2.45, 2.75) is 52.7 Å². The molecule has 2 heteroatoms. The van der Waals surface area contributed by atoms with Crippen LogP contribution in [0.5, 0.6) is 0 Å². The molecule has 0 aromatic carbocycles. The van der Waals surface area contributed by atoms with Crippen molar-refractivity contribution in [3.8, 4) is 0 Å². The van der Waals surface area contributed by atoms with Crippen LogP contribution in [-0.4, -0.2) is 23.8 Å². The molecular formula is C10H23NO. The maximum atomic E-state index is 9.30. The van der Waals surface area contributed by atoms with Crippen molar-refractivity contribution < 1.29 is 5.11 Å². The van der Waals surface area contributed by atoms with E-state index in [1.165, 1.54) is 6.42 Å². The van der Waals surface area contributed by atoms with E-state index < -0.39 is 0 Å². The fraction of sp³-hybridized carbons (Fsp3) is 1.00. The van der Waals surface area contributed by atoms with Crippen molar-refractivity contribution in [1.29, 1.82) is 0 Å². The van der Waals surface area contributed by atoms with Crippen LogP contribution in [0.3, 0.4) is 0 Å². The molecule has 2 nitrogen and oxygen atoms in total. The number of rotatable bonds is 6. The maximum absolute atomic E-state index is 9.30. The zero-order valence-electron chi connectivity index (χ0n) is 8.80. The van der Waals surface area contributed by atoms with Gasteiger partial charge in [-0.15, -0.1) is 0 Å². The molecule has 3 unspecified atom stereocenters. The standard InChI is InChI=1S/C10H23NO/c1-5-8(3)9(4)11-7-10(12)6-2/h8-12H,5-7H2,1-4H3. The third-order valence-corrected chi connectivity index (χ3v) is 2.64. The van der Waals surface area contributed by atoms with Gasteiger partial charge in [0.1, 0.15) is 0 Å². The van der Waals surface area contributed by atoms with E-state index in [0.717, 1.165) is 13.0 Å². The van der Waals surface area contributed by atoms with Crippen LogP contribution in [0.15, 0.2) is 0 Å². The molecular weight excluding hydrogens is 150 g/mol. The van der Waals surface area contributed by atoms with E-state index >= 15 is 0 Å². The Morgan fingerprint density at radius 3 is 2.17 bits per heavy atom. The Bertz CT molecular complexity index is 106. The van der Waals surface area contributed by atoms with Gasteiger partial charge in [-0.25, -0.2) is 0 Å². The van der Waals surface area contributed by atoms with Crippen molar-refractivity contribution >= 4 is 0 Å². The Hall–Kier alpha value is -0.0800. The largest absolute Gasteiger partial charge is 0.392 e. The lowest BCUT2D eigenvalue weighted by atomic mass is 10.0. The molecule has 74 valence electrons. The molecule has 0 aliphatic carbocycles. The molecule has 3 atom stereocenters. The van der Waals surface area contributed by atoms with E-state index in [1.54, 1.807) is 0 Å². The lowest BCUT2D eigenvalue weighted by Gasteiger charge is -2.21. The Morgan fingerprint density at radius 1 is 1.17 bits per heavy atom. The summed E-state index contributed by atoms with van der Waals surface area (Å²) in [6.45, 7) is 9.33. The summed E-state index contributed by atoms with van der Waals surface area (Å²) < 4.78 is 0. The summed E-state index contributed by atoms with van der Waals surface area (Å²) in [7, 11) is 0. The first-order chi connectivity index (χ1) is 5.61. The highest BCUT2D eigenvalue weighted by Crippen LogP contribution is 2.06. The highest BCUT2D eigenvalue weighted by Gasteiger charge is 2.10. The van der Waals surface area contributed by atoms with Crippen molar-refractivity contribution in [2.75, 3.05) is 6.54 Å². The average Bonchev–Trinajstić information content (AvgIpc) is 2.11. The van der Waals surface area contributed by atoms with Crippen LogP contribution in [0.2, 0.25) is 0 Å². The molecule has 12 heavy (non-hydrogen) atoms. The Balaban J connectivity index is 3.49. The van der Waals surface area contributed by atoms with Crippen molar-refractivity contribution in [3.63, 3.8) is 0 Å². The first-order valence-corrected chi connectivity index (χ1v) is 5.03. The highest BCUT2D eigenvalue weighted by molar-refractivity contribution is 4.68. The fourth-order valence-electron chi connectivity index (χ4n) is 1.02. The van der Waals surface area contributed by atoms with E-state index in [4.69, 9.17) is 0 Å². The van der Waals surface area contributed by atoms with Crippen molar-refractivity contribution in [1.82, 2.24) is 5.32 Å². The fourth-order valence-corrected chi connectivity index (χ4v) is 1.02. The van der Waals surface area contributed by atoms with Crippen LogP contribution in [0.25, 0.3) is 0 Å². The highest BCUT2D eigenvalue weighted by atomic mass is 16.3. The van der Waals surface area contributed by atoms with Crippen molar-refractivity contribution in [2.24, 2.45) is 5.92 Å². The summed E-state index contributed by atoms with van der Waals surface area (Å²) in [5.41, 5.74) is 0. The first kappa shape index (κ1) is 11.9. The third-order valence-electron chi connectivity index (χ3n) is 2.64. The van der Waals surface area contributed by atoms with Crippen LogP contribution in [0, 0.1) is 5.92 Å². The number of hydrogen-bond donors (Lipinski definition) is 2. The summed E-state index contributed by atoms with van der Waals surface area (Å²) in [6, 6.07) is 0.510.